The zero-order valence-corrected chi connectivity index (χ0v) is 22.1. The summed E-state index contributed by atoms with van der Waals surface area (Å²) in [6.45, 7) is 19.2. The van der Waals surface area contributed by atoms with Crippen molar-refractivity contribution in [2.45, 2.75) is 123 Å². The number of rotatable bonds is 2. The lowest BCUT2D eigenvalue weighted by molar-refractivity contribution is -0.115. The topological polar surface area (TPSA) is 29.5 Å². The molecule has 0 bridgehead atoms. The van der Waals surface area contributed by atoms with Crippen LogP contribution in [0.3, 0.4) is 0 Å². The molecule has 4 rings (SSSR count). The molecule has 2 nitrogen and oxygen atoms in total. The molecular formula is C27H48O2Si. The first-order valence-corrected chi connectivity index (χ1v) is 15.8. The maximum atomic E-state index is 10.8. The van der Waals surface area contributed by atoms with E-state index in [0.717, 1.165) is 24.2 Å². The predicted octanol–water partition coefficient (Wildman–Crippen LogP) is 7.34. The summed E-state index contributed by atoms with van der Waals surface area (Å²) in [6.07, 6.45) is 12.8. The van der Waals surface area contributed by atoms with Gasteiger partial charge in [0, 0.05) is 6.10 Å². The van der Waals surface area contributed by atoms with Crippen LogP contribution in [0.5, 0.6) is 0 Å². The second-order valence-corrected chi connectivity index (χ2v) is 18.1. The zero-order valence-electron chi connectivity index (χ0n) is 21.1. The van der Waals surface area contributed by atoms with Crippen LogP contribution >= 0.6 is 0 Å². The Hall–Kier alpha value is -0.123. The molecule has 4 fully saturated rings. The molecule has 0 heterocycles. The van der Waals surface area contributed by atoms with Crippen molar-refractivity contribution in [3.05, 3.63) is 11.6 Å². The molecular weight excluding hydrogens is 384 g/mol. The lowest BCUT2D eigenvalue weighted by atomic mass is 9.45. The maximum absolute atomic E-state index is 10.8. The van der Waals surface area contributed by atoms with Crippen LogP contribution in [0.4, 0.5) is 0 Å². The normalized spacial score (nSPS) is 48.2. The third-order valence-electron chi connectivity index (χ3n) is 11.1. The third kappa shape index (κ3) is 3.41. The molecule has 172 valence electrons. The lowest BCUT2D eigenvalue weighted by Gasteiger charge is -2.61. The Balaban J connectivity index is 1.50. The third-order valence-corrected chi connectivity index (χ3v) is 15.6. The largest absolute Gasteiger partial charge is 0.414 e. The number of allylic oxidation sites excluding steroid dienone is 1. The Morgan fingerprint density at radius 2 is 1.70 bits per heavy atom. The van der Waals surface area contributed by atoms with Crippen molar-refractivity contribution in [2.75, 3.05) is 0 Å². The van der Waals surface area contributed by atoms with Crippen molar-refractivity contribution < 1.29 is 9.53 Å². The van der Waals surface area contributed by atoms with Crippen LogP contribution in [0.1, 0.15) is 92.9 Å². The molecule has 30 heavy (non-hydrogen) atoms. The molecule has 0 aromatic rings. The number of aliphatic hydroxyl groups excluding tert-OH is 1. The van der Waals surface area contributed by atoms with Crippen LogP contribution in [0.2, 0.25) is 18.1 Å². The molecule has 4 aliphatic rings. The molecule has 8 atom stereocenters. The van der Waals surface area contributed by atoms with Crippen LogP contribution in [-0.4, -0.2) is 25.6 Å². The maximum Gasteiger partial charge on any atom is 0.192 e. The first kappa shape index (κ1) is 23.0. The summed E-state index contributed by atoms with van der Waals surface area (Å²) >= 11 is 0. The van der Waals surface area contributed by atoms with Gasteiger partial charge in [-0.1, -0.05) is 40.7 Å². The van der Waals surface area contributed by atoms with Gasteiger partial charge in [-0.25, -0.2) is 0 Å². The molecule has 0 aromatic heterocycles. The van der Waals surface area contributed by atoms with E-state index in [4.69, 9.17) is 4.43 Å². The lowest BCUT2D eigenvalue weighted by Crippen LogP contribution is -2.54. The van der Waals surface area contributed by atoms with Crippen molar-refractivity contribution in [2.24, 2.45) is 34.5 Å². The minimum Gasteiger partial charge on any atom is -0.414 e. The smallest absolute Gasteiger partial charge is 0.192 e. The van der Waals surface area contributed by atoms with Gasteiger partial charge in [-0.15, -0.1) is 0 Å². The highest BCUT2D eigenvalue weighted by atomic mass is 28.4. The summed E-state index contributed by atoms with van der Waals surface area (Å²) in [5.41, 5.74) is 2.09. The predicted molar refractivity (Wildman–Crippen MR) is 129 cm³/mol. The highest BCUT2D eigenvalue weighted by molar-refractivity contribution is 6.74. The SMILES string of the molecule is C/C=C1/[C@H](O)C[C@H]2[C@@H]3CCC4C[C@@H](O[Si](C)(C)C(C)(C)C)CC[C@]4(C)[C@H]3CC[C@]12C. The molecule has 4 saturated carbocycles. The Labute approximate surface area is 187 Å². The summed E-state index contributed by atoms with van der Waals surface area (Å²) in [7, 11) is -1.69. The molecule has 0 amide bonds. The van der Waals surface area contributed by atoms with Gasteiger partial charge in [-0.05, 0) is 116 Å². The van der Waals surface area contributed by atoms with Gasteiger partial charge in [0.05, 0.1) is 6.10 Å². The Morgan fingerprint density at radius 3 is 2.33 bits per heavy atom. The van der Waals surface area contributed by atoms with Crippen molar-refractivity contribution in [3.63, 3.8) is 0 Å². The van der Waals surface area contributed by atoms with E-state index in [-0.39, 0.29) is 11.5 Å². The molecule has 1 unspecified atom stereocenters. The van der Waals surface area contributed by atoms with Gasteiger partial charge >= 0.3 is 0 Å². The van der Waals surface area contributed by atoms with Crippen molar-refractivity contribution >= 4 is 8.32 Å². The second-order valence-electron chi connectivity index (χ2n) is 13.4. The molecule has 0 spiro atoms. The van der Waals surface area contributed by atoms with E-state index >= 15 is 0 Å². The van der Waals surface area contributed by atoms with Gasteiger partial charge in [-0.2, -0.15) is 0 Å². The van der Waals surface area contributed by atoms with E-state index in [1.165, 1.54) is 50.5 Å². The van der Waals surface area contributed by atoms with E-state index in [9.17, 15) is 5.11 Å². The molecule has 0 aliphatic heterocycles. The Bertz CT molecular complexity index is 691. The standard InChI is InChI=1S/C27H48O2Si/c1-9-21-24(28)17-23-20-11-10-18-16-19(29-30(7,8)25(2,3)4)12-14-26(18,5)22(20)13-15-27(21,23)6/h9,18-20,22-24,28H,10-17H2,1-8H3/b21-9-/t18?,19-,20+,22-,23-,24+,26-,27+/m0/s1. The minimum absolute atomic E-state index is 0.192. The molecule has 1 N–H and O–H groups in total. The Kier molecular flexibility index (Phi) is 5.73. The van der Waals surface area contributed by atoms with Crippen LogP contribution in [0.25, 0.3) is 0 Å². The summed E-state index contributed by atoms with van der Waals surface area (Å²) in [4.78, 5) is 0. The van der Waals surface area contributed by atoms with Gasteiger partial charge in [0.15, 0.2) is 8.32 Å². The van der Waals surface area contributed by atoms with Crippen LogP contribution in [0.15, 0.2) is 11.6 Å². The molecule has 3 heteroatoms. The fourth-order valence-electron chi connectivity index (χ4n) is 8.30. The van der Waals surface area contributed by atoms with E-state index in [2.05, 4.69) is 60.7 Å². The van der Waals surface area contributed by atoms with E-state index in [1.807, 2.05) is 0 Å². The average molecular weight is 433 g/mol. The van der Waals surface area contributed by atoms with Crippen LogP contribution < -0.4 is 0 Å². The number of aliphatic hydroxyl groups is 1. The van der Waals surface area contributed by atoms with E-state index in [0.29, 0.717) is 22.5 Å². The quantitative estimate of drug-likeness (QED) is 0.365. The summed E-state index contributed by atoms with van der Waals surface area (Å²) in [6, 6.07) is 0. The highest BCUT2D eigenvalue weighted by Gasteiger charge is 2.60. The highest BCUT2D eigenvalue weighted by Crippen LogP contribution is 2.67. The van der Waals surface area contributed by atoms with Gasteiger partial charge in [0.2, 0.25) is 0 Å². The van der Waals surface area contributed by atoms with Crippen LogP contribution in [0, 0.1) is 34.5 Å². The second kappa shape index (κ2) is 7.45. The Morgan fingerprint density at radius 1 is 1.00 bits per heavy atom. The molecule has 0 radical (unpaired) electrons. The summed E-state index contributed by atoms with van der Waals surface area (Å²) < 4.78 is 6.90. The van der Waals surface area contributed by atoms with Gasteiger partial charge in [0.1, 0.15) is 0 Å². The number of fused-ring (bicyclic) bond motifs is 5. The van der Waals surface area contributed by atoms with E-state index in [1.54, 1.807) is 0 Å². The number of hydrogen-bond donors (Lipinski definition) is 1. The summed E-state index contributed by atoms with van der Waals surface area (Å²) in [5, 5.41) is 11.1. The molecule has 0 saturated heterocycles. The van der Waals surface area contributed by atoms with Crippen LogP contribution in [-0.2, 0) is 4.43 Å². The first-order valence-electron chi connectivity index (χ1n) is 12.9. The van der Waals surface area contributed by atoms with Crippen molar-refractivity contribution in [3.8, 4) is 0 Å². The monoisotopic (exact) mass is 432 g/mol. The molecule has 0 aromatic carbocycles. The fourth-order valence-corrected chi connectivity index (χ4v) is 9.70. The zero-order chi connectivity index (χ0) is 22.1. The van der Waals surface area contributed by atoms with Gasteiger partial charge in [0.25, 0.3) is 0 Å². The van der Waals surface area contributed by atoms with Gasteiger partial charge < -0.3 is 9.53 Å². The fraction of sp³-hybridized carbons (Fsp3) is 0.926. The number of hydrogen-bond acceptors (Lipinski definition) is 2. The van der Waals surface area contributed by atoms with Crippen molar-refractivity contribution in [1.29, 1.82) is 0 Å². The summed E-state index contributed by atoms with van der Waals surface area (Å²) in [5.74, 6) is 3.19. The first-order chi connectivity index (χ1) is 13.8. The molecule has 4 aliphatic carbocycles. The van der Waals surface area contributed by atoms with Crippen molar-refractivity contribution in [1.82, 2.24) is 0 Å². The van der Waals surface area contributed by atoms with Gasteiger partial charge in [-0.3, -0.25) is 0 Å². The van der Waals surface area contributed by atoms with E-state index < -0.39 is 8.32 Å². The average Bonchev–Trinajstić information content (AvgIpc) is 2.90. The minimum atomic E-state index is -1.69.